The third kappa shape index (κ3) is 4.64. The first-order valence-electron chi connectivity index (χ1n) is 10.2. The van der Waals surface area contributed by atoms with Crippen LogP contribution in [0.15, 0.2) is 52.0 Å². The highest BCUT2D eigenvalue weighted by atomic mass is 32.2. The second-order valence-corrected chi connectivity index (χ2v) is 9.86. The Hall–Kier alpha value is -2.33. The minimum atomic E-state index is -4.77. The molecule has 1 aromatic carbocycles. The maximum Gasteiger partial charge on any atom is 0.417 e. The van der Waals surface area contributed by atoms with Crippen LogP contribution in [0.25, 0.3) is 0 Å². The van der Waals surface area contributed by atoms with Crippen LogP contribution in [-0.4, -0.2) is 42.7 Å². The van der Waals surface area contributed by atoms with Gasteiger partial charge in [-0.2, -0.15) is 17.5 Å². The van der Waals surface area contributed by atoms with Crippen LogP contribution >= 0.6 is 0 Å². The molecule has 0 N–H and O–H groups in total. The number of benzene rings is 1. The van der Waals surface area contributed by atoms with Crippen molar-refractivity contribution in [3.8, 4) is 0 Å². The van der Waals surface area contributed by atoms with Crippen molar-refractivity contribution in [2.45, 2.75) is 49.3 Å². The smallest absolute Gasteiger partial charge is 0.417 e. The lowest BCUT2D eigenvalue weighted by Crippen LogP contribution is -2.45. The minimum Gasteiger partial charge on any atom is -0.467 e. The molecule has 1 saturated heterocycles. The van der Waals surface area contributed by atoms with E-state index in [1.165, 1.54) is 6.07 Å². The van der Waals surface area contributed by atoms with Gasteiger partial charge in [0.2, 0.25) is 15.9 Å². The Kier molecular flexibility index (Phi) is 5.87. The first-order chi connectivity index (χ1) is 14.7. The molecule has 4 rings (SSSR count). The number of hydrogen-bond acceptors (Lipinski definition) is 4. The van der Waals surface area contributed by atoms with E-state index in [2.05, 4.69) is 0 Å². The summed E-state index contributed by atoms with van der Waals surface area (Å²) >= 11 is 0. The number of piperidine rings is 1. The Balaban J connectivity index is 1.45. The highest BCUT2D eigenvalue weighted by Crippen LogP contribution is 2.37. The molecule has 1 aromatic heterocycles. The fourth-order valence-electron chi connectivity index (χ4n) is 3.99. The number of nitrogens with zero attached hydrogens (tertiary/aromatic N) is 2. The molecule has 1 aliphatic heterocycles. The van der Waals surface area contributed by atoms with E-state index in [-0.39, 0.29) is 43.8 Å². The number of alkyl halides is 3. The van der Waals surface area contributed by atoms with Crippen molar-refractivity contribution in [3.63, 3.8) is 0 Å². The van der Waals surface area contributed by atoms with Crippen LogP contribution in [-0.2, 0) is 27.5 Å². The predicted molar refractivity (Wildman–Crippen MR) is 105 cm³/mol. The molecule has 0 bridgehead atoms. The number of rotatable bonds is 6. The SMILES string of the molecule is O=C(C1CCN(S(=O)(=O)c2ccccc2C(F)(F)F)CC1)N(Cc1ccco1)C1CC1. The second-order valence-electron chi connectivity index (χ2n) is 7.95. The van der Waals surface area contributed by atoms with Crippen molar-refractivity contribution in [1.82, 2.24) is 9.21 Å². The molecule has 1 amide bonds. The number of furan rings is 1. The maximum absolute atomic E-state index is 13.3. The standard InChI is InChI=1S/C21H23F3N2O4S/c22-21(23,24)18-5-1-2-6-19(18)31(28,29)25-11-9-15(10-12-25)20(27)26(16-7-8-16)14-17-4-3-13-30-17/h1-6,13,15-16H,7-12,14H2. The number of hydrogen-bond donors (Lipinski definition) is 0. The number of carbonyl (C=O) groups is 1. The molecule has 0 spiro atoms. The van der Waals surface area contributed by atoms with Gasteiger partial charge in [-0.1, -0.05) is 12.1 Å². The van der Waals surface area contributed by atoms with Crippen LogP contribution in [0, 0.1) is 5.92 Å². The van der Waals surface area contributed by atoms with Gasteiger partial charge in [0.05, 0.1) is 23.3 Å². The van der Waals surface area contributed by atoms with Gasteiger partial charge in [-0.15, -0.1) is 0 Å². The number of halogens is 3. The molecular weight excluding hydrogens is 433 g/mol. The van der Waals surface area contributed by atoms with Crippen molar-refractivity contribution < 1.29 is 30.8 Å². The lowest BCUT2D eigenvalue weighted by molar-refractivity contribution is -0.140. The van der Waals surface area contributed by atoms with E-state index in [4.69, 9.17) is 4.42 Å². The first kappa shape index (κ1) is 21.9. The molecule has 2 fully saturated rings. The van der Waals surface area contributed by atoms with E-state index in [0.717, 1.165) is 35.3 Å². The van der Waals surface area contributed by atoms with E-state index in [9.17, 15) is 26.4 Å². The summed E-state index contributed by atoms with van der Waals surface area (Å²) in [5.41, 5.74) is -1.17. The zero-order valence-electron chi connectivity index (χ0n) is 16.7. The third-order valence-electron chi connectivity index (χ3n) is 5.79. The molecule has 1 aliphatic carbocycles. The normalized spacial score (nSPS) is 18.8. The van der Waals surface area contributed by atoms with E-state index >= 15 is 0 Å². The Morgan fingerprint density at radius 1 is 1.06 bits per heavy atom. The van der Waals surface area contributed by atoms with Gasteiger partial charge >= 0.3 is 6.18 Å². The fraction of sp³-hybridized carbons (Fsp3) is 0.476. The first-order valence-corrected chi connectivity index (χ1v) is 11.6. The molecule has 2 aliphatic rings. The summed E-state index contributed by atoms with van der Waals surface area (Å²) in [4.78, 5) is 14.1. The van der Waals surface area contributed by atoms with Crippen LogP contribution in [0.4, 0.5) is 13.2 Å². The average Bonchev–Trinajstić information content (AvgIpc) is 3.46. The van der Waals surface area contributed by atoms with Crippen molar-refractivity contribution in [1.29, 1.82) is 0 Å². The molecule has 6 nitrogen and oxygen atoms in total. The molecule has 31 heavy (non-hydrogen) atoms. The number of sulfonamides is 1. The topological polar surface area (TPSA) is 70.8 Å². The molecule has 1 saturated carbocycles. The van der Waals surface area contributed by atoms with Crippen LogP contribution < -0.4 is 0 Å². The summed E-state index contributed by atoms with van der Waals surface area (Å²) < 4.78 is 72.1. The molecule has 0 atom stereocenters. The van der Waals surface area contributed by atoms with E-state index < -0.39 is 26.7 Å². The van der Waals surface area contributed by atoms with Gasteiger partial charge in [0, 0.05) is 25.0 Å². The zero-order chi connectivity index (χ0) is 22.2. The van der Waals surface area contributed by atoms with Gasteiger partial charge < -0.3 is 9.32 Å². The Bertz CT molecular complexity index is 1030. The summed E-state index contributed by atoms with van der Waals surface area (Å²) in [6, 6.07) is 7.92. The quantitative estimate of drug-likeness (QED) is 0.661. The van der Waals surface area contributed by atoms with Gasteiger partial charge in [0.1, 0.15) is 5.76 Å². The van der Waals surface area contributed by atoms with E-state index in [0.29, 0.717) is 12.3 Å². The van der Waals surface area contributed by atoms with Crippen LogP contribution in [0.5, 0.6) is 0 Å². The molecular formula is C21H23F3N2O4S. The number of carbonyl (C=O) groups excluding carboxylic acids is 1. The summed E-state index contributed by atoms with van der Waals surface area (Å²) in [6.07, 6.45) is -0.829. The van der Waals surface area contributed by atoms with Gasteiger partial charge in [0.15, 0.2) is 0 Å². The molecule has 0 radical (unpaired) electrons. The molecule has 0 unspecified atom stereocenters. The Morgan fingerprint density at radius 3 is 2.32 bits per heavy atom. The predicted octanol–water partition coefficient (Wildman–Crippen LogP) is 3.89. The molecule has 10 heteroatoms. The van der Waals surface area contributed by atoms with E-state index in [1.807, 2.05) is 0 Å². The lowest BCUT2D eigenvalue weighted by atomic mass is 9.96. The summed E-state index contributed by atoms with van der Waals surface area (Å²) in [5.74, 6) is 0.274. The van der Waals surface area contributed by atoms with Gasteiger partial charge in [0.25, 0.3) is 0 Å². The summed E-state index contributed by atoms with van der Waals surface area (Å²) in [6.45, 7) is 0.377. The molecule has 168 valence electrons. The van der Waals surface area contributed by atoms with Crippen molar-refractivity contribution >= 4 is 15.9 Å². The van der Waals surface area contributed by atoms with Gasteiger partial charge in [-0.25, -0.2) is 8.42 Å². The fourth-order valence-corrected chi connectivity index (χ4v) is 5.67. The number of amides is 1. The Labute approximate surface area is 178 Å². The van der Waals surface area contributed by atoms with Crippen molar-refractivity contribution in [2.75, 3.05) is 13.1 Å². The minimum absolute atomic E-state index is 0.00416. The largest absolute Gasteiger partial charge is 0.467 e. The monoisotopic (exact) mass is 456 g/mol. The maximum atomic E-state index is 13.3. The Morgan fingerprint density at radius 2 is 1.74 bits per heavy atom. The lowest BCUT2D eigenvalue weighted by Gasteiger charge is -2.34. The third-order valence-corrected chi connectivity index (χ3v) is 7.75. The molecule has 2 heterocycles. The summed E-state index contributed by atoms with van der Waals surface area (Å²) in [5, 5.41) is 0. The van der Waals surface area contributed by atoms with E-state index in [1.54, 1.807) is 23.3 Å². The van der Waals surface area contributed by atoms with Crippen molar-refractivity contribution in [2.24, 2.45) is 5.92 Å². The zero-order valence-corrected chi connectivity index (χ0v) is 17.5. The van der Waals surface area contributed by atoms with Gasteiger partial charge in [-0.05, 0) is 49.9 Å². The van der Waals surface area contributed by atoms with Crippen LogP contribution in [0.2, 0.25) is 0 Å². The van der Waals surface area contributed by atoms with Crippen LogP contribution in [0.3, 0.4) is 0 Å². The van der Waals surface area contributed by atoms with Gasteiger partial charge in [-0.3, -0.25) is 4.79 Å². The highest BCUT2D eigenvalue weighted by Gasteiger charge is 2.42. The average molecular weight is 456 g/mol. The second kappa shape index (κ2) is 8.31. The highest BCUT2D eigenvalue weighted by molar-refractivity contribution is 7.89. The van der Waals surface area contributed by atoms with Crippen molar-refractivity contribution in [3.05, 3.63) is 54.0 Å². The van der Waals surface area contributed by atoms with Crippen LogP contribution in [0.1, 0.15) is 37.0 Å². The molecule has 2 aromatic rings. The summed E-state index contributed by atoms with van der Waals surface area (Å²) in [7, 11) is -4.32.